The molecule has 0 aliphatic rings. The van der Waals surface area contributed by atoms with E-state index >= 15 is 0 Å². The Morgan fingerprint density at radius 1 is 1.40 bits per heavy atom. The number of carbonyl (C=O) groups excluding carboxylic acids is 1. The summed E-state index contributed by atoms with van der Waals surface area (Å²) >= 11 is 0. The van der Waals surface area contributed by atoms with Crippen molar-refractivity contribution in [2.75, 3.05) is 20.3 Å². The predicted octanol–water partition coefficient (Wildman–Crippen LogP) is 0.627. The lowest BCUT2D eigenvalue weighted by Gasteiger charge is -2.04. The van der Waals surface area contributed by atoms with Crippen molar-refractivity contribution in [3.8, 4) is 0 Å². The van der Waals surface area contributed by atoms with Gasteiger partial charge in [-0.15, -0.1) is 0 Å². The predicted molar refractivity (Wildman–Crippen MR) is 38.0 cm³/mol. The van der Waals surface area contributed by atoms with E-state index in [1.807, 2.05) is 13.8 Å². The van der Waals surface area contributed by atoms with E-state index < -0.39 is 0 Å². The zero-order valence-electron chi connectivity index (χ0n) is 6.72. The van der Waals surface area contributed by atoms with Crippen LogP contribution in [0.5, 0.6) is 0 Å². The van der Waals surface area contributed by atoms with Crippen LogP contribution in [0.2, 0.25) is 0 Å². The Balaban J connectivity index is 3.22. The highest BCUT2D eigenvalue weighted by atomic mass is 16.5. The van der Waals surface area contributed by atoms with Gasteiger partial charge in [0.15, 0.2) is 5.78 Å². The molecule has 0 unspecified atom stereocenters. The summed E-state index contributed by atoms with van der Waals surface area (Å²) in [7, 11) is 1.49. The number of methoxy groups -OCH3 is 1. The lowest BCUT2D eigenvalue weighted by atomic mass is 10.4. The van der Waals surface area contributed by atoms with Gasteiger partial charge in [-0.05, 0) is 13.8 Å². The molecule has 0 rings (SSSR count). The minimum Gasteiger partial charge on any atom is -0.377 e. The molecule has 0 radical (unpaired) electrons. The molecule has 0 aliphatic carbocycles. The molecular weight excluding hydrogens is 132 g/mol. The molecule has 0 atom stereocenters. The number of Topliss-reactive ketones (excluding diaryl/α,β-unsaturated/α-hetero) is 1. The van der Waals surface area contributed by atoms with Crippen LogP contribution >= 0.6 is 0 Å². The minimum absolute atomic E-state index is 0.0174. The maximum Gasteiger partial charge on any atom is 0.183 e. The minimum atomic E-state index is -0.0174. The maximum absolute atomic E-state index is 10.7. The Bertz CT molecular complexity index is 99.0. The van der Waals surface area contributed by atoms with Crippen LogP contribution in [-0.4, -0.2) is 32.2 Å². The van der Waals surface area contributed by atoms with Crippen LogP contribution in [0, 0.1) is 0 Å². The lowest BCUT2D eigenvalue weighted by Crippen LogP contribution is -2.17. The number of hydrogen-bond acceptors (Lipinski definition) is 3. The summed E-state index contributed by atoms with van der Waals surface area (Å²) in [6.07, 6.45) is 0.112. The Hall–Kier alpha value is -0.410. The zero-order valence-corrected chi connectivity index (χ0v) is 6.72. The first-order valence-corrected chi connectivity index (χ1v) is 3.29. The monoisotopic (exact) mass is 146 g/mol. The van der Waals surface area contributed by atoms with E-state index in [0.29, 0.717) is 0 Å². The molecular formula is C7H14O3. The number of ketones is 1. The quantitative estimate of drug-likeness (QED) is 0.570. The Morgan fingerprint density at radius 3 is 2.40 bits per heavy atom. The summed E-state index contributed by atoms with van der Waals surface area (Å²) in [4.78, 5) is 10.7. The van der Waals surface area contributed by atoms with Crippen LogP contribution < -0.4 is 0 Å². The summed E-state index contributed by atoms with van der Waals surface area (Å²) in [6, 6.07) is 0. The molecule has 0 aromatic rings. The van der Waals surface area contributed by atoms with Crippen LogP contribution in [0.3, 0.4) is 0 Å². The van der Waals surface area contributed by atoms with E-state index in [2.05, 4.69) is 4.74 Å². The third-order valence-electron chi connectivity index (χ3n) is 0.883. The number of rotatable bonds is 5. The highest BCUT2D eigenvalue weighted by Crippen LogP contribution is 1.87. The molecule has 0 aromatic heterocycles. The van der Waals surface area contributed by atoms with E-state index in [1.165, 1.54) is 7.11 Å². The molecule has 0 fully saturated rings. The van der Waals surface area contributed by atoms with Gasteiger partial charge in [-0.25, -0.2) is 0 Å². The smallest absolute Gasteiger partial charge is 0.183 e. The first-order chi connectivity index (χ1) is 4.66. The third kappa shape index (κ3) is 5.72. The standard InChI is InChI=1S/C7H14O3/c1-6(2)10-5-7(8)4-9-3/h6H,4-5H2,1-3H3. The van der Waals surface area contributed by atoms with Crippen LogP contribution in [0.15, 0.2) is 0 Å². The molecule has 3 heteroatoms. The molecule has 60 valence electrons. The van der Waals surface area contributed by atoms with Gasteiger partial charge >= 0.3 is 0 Å². The summed E-state index contributed by atoms with van der Waals surface area (Å²) in [5.74, 6) is -0.0174. The van der Waals surface area contributed by atoms with Crippen molar-refractivity contribution >= 4 is 5.78 Å². The topological polar surface area (TPSA) is 35.5 Å². The highest BCUT2D eigenvalue weighted by Gasteiger charge is 2.01. The molecule has 0 bridgehead atoms. The fourth-order valence-electron chi connectivity index (χ4n) is 0.462. The van der Waals surface area contributed by atoms with Gasteiger partial charge in [-0.3, -0.25) is 4.79 Å². The van der Waals surface area contributed by atoms with E-state index in [9.17, 15) is 4.79 Å². The second kappa shape index (κ2) is 5.38. The molecule has 0 N–H and O–H groups in total. The third-order valence-corrected chi connectivity index (χ3v) is 0.883. The zero-order chi connectivity index (χ0) is 7.98. The van der Waals surface area contributed by atoms with Crippen LogP contribution in [0.4, 0.5) is 0 Å². The lowest BCUT2D eigenvalue weighted by molar-refractivity contribution is -0.128. The van der Waals surface area contributed by atoms with Gasteiger partial charge in [0.05, 0.1) is 6.10 Å². The average Bonchev–Trinajstić information content (AvgIpc) is 1.85. The first kappa shape index (κ1) is 9.59. The number of hydrogen-bond donors (Lipinski definition) is 0. The van der Waals surface area contributed by atoms with Gasteiger partial charge in [-0.1, -0.05) is 0 Å². The Kier molecular flexibility index (Phi) is 5.16. The molecule has 0 heterocycles. The second-order valence-corrected chi connectivity index (χ2v) is 2.33. The molecule has 0 amide bonds. The fraction of sp³-hybridized carbons (Fsp3) is 0.857. The molecule has 10 heavy (non-hydrogen) atoms. The van der Waals surface area contributed by atoms with E-state index in [4.69, 9.17) is 4.74 Å². The summed E-state index contributed by atoms with van der Waals surface area (Å²) in [5.41, 5.74) is 0. The summed E-state index contributed by atoms with van der Waals surface area (Å²) < 4.78 is 9.63. The first-order valence-electron chi connectivity index (χ1n) is 3.29. The van der Waals surface area contributed by atoms with Gasteiger partial charge in [0.1, 0.15) is 13.2 Å². The van der Waals surface area contributed by atoms with Crippen molar-refractivity contribution in [2.45, 2.75) is 20.0 Å². The van der Waals surface area contributed by atoms with Gasteiger partial charge in [0.25, 0.3) is 0 Å². The van der Waals surface area contributed by atoms with Crippen LogP contribution in [0.25, 0.3) is 0 Å². The Labute approximate surface area is 61.3 Å². The molecule has 0 aliphatic heterocycles. The number of carbonyl (C=O) groups is 1. The van der Waals surface area contributed by atoms with Crippen molar-refractivity contribution in [3.63, 3.8) is 0 Å². The maximum atomic E-state index is 10.7. The van der Waals surface area contributed by atoms with Crippen molar-refractivity contribution in [1.29, 1.82) is 0 Å². The van der Waals surface area contributed by atoms with Gasteiger partial charge in [0, 0.05) is 7.11 Å². The van der Waals surface area contributed by atoms with E-state index in [0.717, 1.165) is 0 Å². The van der Waals surface area contributed by atoms with Crippen LogP contribution in [0.1, 0.15) is 13.8 Å². The second-order valence-electron chi connectivity index (χ2n) is 2.33. The molecule has 0 saturated carbocycles. The van der Waals surface area contributed by atoms with Crippen molar-refractivity contribution in [2.24, 2.45) is 0 Å². The fourth-order valence-corrected chi connectivity index (χ4v) is 0.462. The van der Waals surface area contributed by atoms with Gasteiger partial charge < -0.3 is 9.47 Å². The summed E-state index contributed by atoms with van der Waals surface area (Å²) in [5, 5.41) is 0. The molecule has 0 spiro atoms. The van der Waals surface area contributed by atoms with Gasteiger partial charge in [-0.2, -0.15) is 0 Å². The largest absolute Gasteiger partial charge is 0.377 e. The normalized spacial score (nSPS) is 10.4. The summed E-state index contributed by atoms with van der Waals surface area (Å²) in [6.45, 7) is 4.08. The molecule has 0 saturated heterocycles. The van der Waals surface area contributed by atoms with Gasteiger partial charge in [0.2, 0.25) is 0 Å². The highest BCUT2D eigenvalue weighted by molar-refractivity contribution is 5.80. The van der Waals surface area contributed by atoms with E-state index in [-0.39, 0.29) is 25.1 Å². The number of ether oxygens (including phenoxy) is 2. The SMILES string of the molecule is COCC(=O)COC(C)C. The average molecular weight is 146 g/mol. The molecule has 3 nitrogen and oxygen atoms in total. The molecule has 0 aromatic carbocycles. The Morgan fingerprint density at radius 2 is 2.00 bits per heavy atom. The van der Waals surface area contributed by atoms with Crippen molar-refractivity contribution in [3.05, 3.63) is 0 Å². The van der Waals surface area contributed by atoms with Crippen LogP contribution in [-0.2, 0) is 14.3 Å². The van der Waals surface area contributed by atoms with E-state index in [1.54, 1.807) is 0 Å². The van der Waals surface area contributed by atoms with Crippen molar-refractivity contribution < 1.29 is 14.3 Å². The van der Waals surface area contributed by atoms with Crippen molar-refractivity contribution in [1.82, 2.24) is 0 Å².